The molecule has 3 aromatic rings. The van der Waals surface area contributed by atoms with Gasteiger partial charge in [0.25, 0.3) is 11.8 Å². The summed E-state index contributed by atoms with van der Waals surface area (Å²) in [5.74, 6) is -0.731. The molecular weight excluding hydrogens is 386 g/mol. The van der Waals surface area contributed by atoms with Gasteiger partial charge in [0.2, 0.25) is 0 Å². The molecule has 0 saturated heterocycles. The van der Waals surface area contributed by atoms with Gasteiger partial charge in [0.15, 0.2) is 0 Å². The first-order chi connectivity index (χ1) is 14.1. The highest BCUT2D eigenvalue weighted by Gasteiger charge is 2.39. The summed E-state index contributed by atoms with van der Waals surface area (Å²) in [6, 6.07) is 21.1. The third-order valence-electron chi connectivity index (χ3n) is 4.27. The van der Waals surface area contributed by atoms with E-state index in [1.165, 1.54) is 17.0 Å². The van der Waals surface area contributed by atoms with Crippen LogP contribution >= 0.6 is 11.8 Å². The van der Waals surface area contributed by atoms with E-state index in [9.17, 15) is 14.7 Å². The minimum atomic E-state index is -0.416. The molecule has 144 valence electrons. The SMILES string of the molecule is O=C1C(Nc2cccc(O)c2)=C(Sc2ccccn2)C(=O)N1Cc1ccccc1. The van der Waals surface area contributed by atoms with Crippen molar-refractivity contribution in [1.29, 1.82) is 0 Å². The fraction of sp³-hybridized carbons (Fsp3) is 0.0455. The Labute approximate surface area is 171 Å². The second-order valence-electron chi connectivity index (χ2n) is 6.33. The number of carbonyl (C=O) groups is 2. The Balaban J connectivity index is 1.68. The van der Waals surface area contributed by atoms with Gasteiger partial charge < -0.3 is 10.4 Å². The average Bonchev–Trinajstić information content (AvgIpc) is 2.94. The molecule has 4 rings (SSSR count). The molecule has 0 bridgehead atoms. The lowest BCUT2D eigenvalue weighted by atomic mass is 10.2. The number of thioether (sulfide) groups is 1. The summed E-state index contributed by atoms with van der Waals surface area (Å²) >= 11 is 1.14. The number of anilines is 1. The van der Waals surface area contributed by atoms with Crippen LogP contribution < -0.4 is 5.32 Å². The number of hydrogen-bond acceptors (Lipinski definition) is 6. The van der Waals surface area contributed by atoms with Crippen molar-refractivity contribution in [2.75, 3.05) is 5.32 Å². The first-order valence-electron chi connectivity index (χ1n) is 8.91. The number of phenolic OH excluding ortho intramolecular Hbond substituents is 1. The first kappa shape index (κ1) is 18.8. The molecule has 0 aliphatic carbocycles. The van der Waals surface area contributed by atoms with Gasteiger partial charge in [-0.25, -0.2) is 4.98 Å². The van der Waals surface area contributed by atoms with Gasteiger partial charge in [-0.2, -0.15) is 0 Å². The van der Waals surface area contributed by atoms with E-state index in [1.807, 2.05) is 36.4 Å². The summed E-state index contributed by atoms with van der Waals surface area (Å²) < 4.78 is 0. The van der Waals surface area contributed by atoms with Gasteiger partial charge in [-0.05, 0) is 29.8 Å². The van der Waals surface area contributed by atoms with Crippen molar-refractivity contribution < 1.29 is 14.7 Å². The van der Waals surface area contributed by atoms with Crippen molar-refractivity contribution in [3.63, 3.8) is 0 Å². The summed E-state index contributed by atoms with van der Waals surface area (Å²) in [4.78, 5) is 31.9. The van der Waals surface area contributed by atoms with Crippen LogP contribution in [-0.2, 0) is 16.1 Å². The molecule has 29 heavy (non-hydrogen) atoms. The van der Waals surface area contributed by atoms with E-state index in [0.717, 1.165) is 17.3 Å². The highest BCUT2D eigenvalue weighted by Crippen LogP contribution is 2.35. The molecule has 2 heterocycles. The molecule has 1 aromatic heterocycles. The fourth-order valence-electron chi connectivity index (χ4n) is 2.91. The monoisotopic (exact) mass is 403 g/mol. The number of nitrogens with zero attached hydrogens (tertiary/aromatic N) is 2. The number of nitrogens with one attached hydrogen (secondary N) is 1. The number of phenols is 1. The Bertz CT molecular complexity index is 1080. The normalized spacial score (nSPS) is 13.9. The van der Waals surface area contributed by atoms with Crippen LogP contribution in [0.2, 0.25) is 0 Å². The van der Waals surface area contributed by atoms with E-state index in [1.54, 1.807) is 30.5 Å². The topological polar surface area (TPSA) is 82.5 Å². The van der Waals surface area contributed by atoms with Gasteiger partial charge in [-0.1, -0.05) is 54.2 Å². The predicted octanol–water partition coefficient (Wildman–Crippen LogP) is 3.77. The van der Waals surface area contributed by atoms with Crippen LogP contribution in [-0.4, -0.2) is 26.8 Å². The molecule has 2 aromatic carbocycles. The van der Waals surface area contributed by atoms with Crippen molar-refractivity contribution in [2.24, 2.45) is 0 Å². The Morgan fingerprint density at radius 1 is 0.931 bits per heavy atom. The number of hydrogen-bond donors (Lipinski definition) is 2. The average molecular weight is 403 g/mol. The number of aromatic hydroxyl groups is 1. The Morgan fingerprint density at radius 2 is 1.72 bits per heavy atom. The third kappa shape index (κ3) is 4.14. The summed E-state index contributed by atoms with van der Waals surface area (Å²) in [6.45, 7) is 0.177. The molecule has 2 N–H and O–H groups in total. The summed E-state index contributed by atoms with van der Waals surface area (Å²) in [5, 5.41) is 13.3. The van der Waals surface area contributed by atoms with Crippen molar-refractivity contribution >= 4 is 29.3 Å². The second-order valence-corrected chi connectivity index (χ2v) is 7.36. The third-order valence-corrected chi connectivity index (χ3v) is 5.30. The number of amides is 2. The zero-order chi connectivity index (χ0) is 20.2. The van der Waals surface area contributed by atoms with Gasteiger partial charge in [0.1, 0.15) is 21.4 Å². The van der Waals surface area contributed by atoms with Crippen LogP contribution in [0.15, 0.2) is 94.6 Å². The highest BCUT2D eigenvalue weighted by molar-refractivity contribution is 8.04. The van der Waals surface area contributed by atoms with Crippen LogP contribution in [0.5, 0.6) is 5.75 Å². The number of imide groups is 1. The molecule has 6 nitrogen and oxygen atoms in total. The van der Waals surface area contributed by atoms with Crippen LogP contribution in [0.1, 0.15) is 5.56 Å². The van der Waals surface area contributed by atoms with E-state index in [4.69, 9.17) is 0 Å². The maximum absolute atomic E-state index is 13.1. The van der Waals surface area contributed by atoms with Crippen LogP contribution in [0.25, 0.3) is 0 Å². The minimum absolute atomic E-state index is 0.0624. The summed E-state index contributed by atoms with van der Waals surface area (Å²) in [7, 11) is 0. The molecule has 0 fully saturated rings. The number of aromatic nitrogens is 1. The van der Waals surface area contributed by atoms with Gasteiger partial charge >= 0.3 is 0 Å². The van der Waals surface area contributed by atoms with Gasteiger partial charge in [-0.15, -0.1) is 0 Å². The molecule has 1 aliphatic heterocycles. The lowest BCUT2D eigenvalue weighted by molar-refractivity contribution is -0.137. The molecular formula is C22H17N3O3S. The van der Waals surface area contributed by atoms with Crippen LogP contribution in [0.4, 0.5) is 5.69 Å². The van der Waals surface area contributed by atoms with Gasteiger partial charge in [0.05, 0.1) is 6.54 Å². The van der Waals surface area contributed by atoms with Gasteiger partial charge in [0, 0.05) is 18.0 Å². The zero-order valence-electron chi connectivity index (χ0n) is 15.3. The lowest BCUT2D eigenvalue weighted by Crippen LogP contribution is -2.31. The van der Waals surface area contributed by atoms with Crippen LogP contribution in [0, 0.1) is 0 Å². The van der Waals surface area contributed by atoms with E-state index in [-0.39, 0.29) is 28.8 Å². The molecule has 0 saturated carbocycles. The number of carbonyl (C=O) groups excluding carboxylic acids is 2. The van der Waals surface area contributed by atoms with Gasteiger partial charge in [-0.3, -0.25) is 14.5 Å². The Kier molecular flexibility index (Phi) is 5.31. The molecule has 2 amide bonds. The number of benzene rings is 2. The van der Waals surface area contributed by atoms with E-state index in [0.29, 0.717) is 10.7 Å². The molecule has 0 unspecified atom stereocenters. The van der Waals surface area contributed by atoms with Crippen LogP contribution in [0.3, 0.4) is 0 Å². The predicted molar refractivity (Wildman–Crippen MR) is 111 cm³/mol. The number of rotatable bonds is 6. The smallest absolute Gasteiger partial charge is 0.278 e. The maximum atomic E-state index is 13.1. The molecule has 0 atom stereocenters. The van der Waals surface area contributed by atoms with E-state index >= 15 is 0 Å². The zero-order valence-corrected chi connectivity index (χ0v) is 16.1. The molecule has 0 spiro atoms. The minimum Gasteiger partial charge on any atom is -0.508 e. The first-order valence-corrected chi connectivity index (χ1v) is 9.73. The van der Waals surface area contributed by atoms with E-state index < -0.39 is 5.91 Å². The Hall–Kier alpha value is -3.58. The van der Waals surface area contributed by atoms with Crippen molar-refractivity contribution in [3.05, 3.63) is 95.2 Å². The quantitative estimate of drug-likeness (QED) is 0.610. The van der Waals surface area contributed by atoms with E-state index in [2.05, 4.69) is 10.3 Å². The summed E-state index contributed by atoms with van der Waals surface area (Å²) in [5.41, 5.74) is 1.55. The summed E-state index contributed by atoms with van der Waals surface area (Å²) in [6.07, 6.45) is 1.63. The highest BCUT2D eigenvalue weighted by atomic mass is 32.2. The van der Waals surface area contributed by atoms with Crippen molar-refractivity contribution in [1.82, 2.24) is 9.88 Å². The Morgan fingerprint density at radius 3 is 2.45 bits per heavy atom. The standard InChI is InChI=1S/C22H17N3O3S/c26-17-10-6-9-16(13-17)24-19-20(29-18-11-4-5-12-23-18)22(28)25(21(19)27)14-15-7-2-1-3-8-15/h1-13,24,26H,14H2. The van der Waals surface area contributed by atoms with Crippen molar-refractivity contribution in [3.8, 4) is 5.75 Å². The molecule has 7 heteroatoms. The molecule has 0 radical (unpaired) electrons. The number of pyridine rings is 1. The maximum Gasteiger partial charge on any atom is 0.278 e. The molecule has 1 aliphatic rings. The largest absolute Gasteiger partial charge is 0.508 e. The lowest BCUT2D eigenvalue weighted by Gasteiger charge is -2.15. The second kappa shape index (κ2) is 8.20. The fourth-order valence-corrected chi connectivity index (χ4v) is 3.82. The van der Waals surface area contributed by atoms with Crippen molar-refractivity contribution in [2.45, 2.75) is 11.6 Å².